The Morgan fingerprint density at radius 1 is 0.808 bits per heavy atom. The van der Waals surface area contributed by atoms with E-state index in [9.17, 15) is 0 Å². The maximum absolute atomic E-state index is 5.50. The molecule has 0 aliphatic carbocycles. The maximum Gasteiger partial charge on any atom is 0.161 e. The van der Waals surface area contributed by atoms with Crippen molar-refractivity contribution in [2.24, 2.45) is 0 Å². The standard InChI is InChI=1S/C21H25NO4/c1-22-9-8-15-12-20(25-4)21(26-5)13-16(15)17(22)10-14-6-7-18(23-2)19(11-14)24-3/h6-7,10-13H,8-9H2,1-5H3/b17-10+. The Kier molecular flexibility index (Phi) is 5.26. The van der Waals surface area contributed by atoms with Crippen molar-refractivity contribution >= 4 is 11.8 Å². The summed E-state index contributed by atoms with van der Waals surface area (Å²) in [4.78, 5) is 2.25. The zero-order chi connectivity index (χ0) is 18.7. The van der Waals surface area contributed by atoms with Gasteiger partial charge in [-0.25, -0.2) is 0 Å². The Morgan fingerprint density at radius 3 is 2.08 bits per heavy atom. The minimum atomic E-state index is 0.716. The number of nitrogens with zero attached hydrogens (tertiary/aromatic N) is 1. The third-order valence-electron chi connectivity index (χ3n) is 4.72. The van der Waals surface area contributed by atoms with Gasteiger partial charge < -0.3 is 23.8 Å². The summed E-state index contributed by atoms with van der Waals surface area (Å²) in [6, 6.07) is 10.1. The van der Waals surface area contributed by atoms with Gasteiger partial charge >= 0.3 is 0 Å². The lowest BCUT2D eigenvalue weighted by Gasteiger charge is -2.31. The predicted molar refractivity (Wildman–Crippen MR) is 103 cm³/mol. The molecule has 3 rings (SSSR count). The van der Waals surface area contributed by atoms with Crippen LogP contribution in [0.25, 0.3) is 11.8 Å². The Labute approximate surface area is 154 Å². The summed E-state index contributed by atoms with van der Waals surface area (Å²) >= 11 is 0. The van der Waals surface area contributed by atoms with Gasteiger partial charge in [0, 0.05) is 24.9 Å². The molecule has 0 saturated heterocycles. The number of hydrogen-bond acceptors (Lipinski definition) is 5. The minimum Gasteiger partial charge on any atom is -0.493 e. The summed E-state index contributed by atoms with van der Waals surface area (Å²) in [5, 5.41) is 0. The van der Waals surface area contributed by atoms with E-state index in [-0.39, 0.29) is 0 Å². The second-order valence-electron chi connectivity index (χ2n) is 6.18. The fraction of sp³-hybridized carbons (Fsp3) is 0.333. The summed E-state index contributed by atoms with van der Waals surface area (Å²) in [6.07, 6.45) is 3.13. The lowest BCUT2D eigenvalue weighted by Crippen LogP contribution is -2.25. The Hall–Kier alpha value is -2.82. The third kappa shape index (κ3) is 3.29. The average Bonchev–Trinajstić information content (AvgIpc) is 2.68. The van der Waals surface area contributed by atoms with Crippen molar-refractivity contribution in [2.75, 3.05) is 42.0 Å². The van der Waals surface area contributed by atoms with Crippen LogP contribution >= 0.6 is 0 Å². The number of ether oxygens (including phenoxy) is 4. The Morgan fingerprint density at radius 2 is 1.42 bits per heavy atom. The van der Waals surface area contributed by atoms with Crippen LogP contribution in [0.2, 0.25) is 0 Å². The molecule has 5 nitrogen and oxygen atoms in total. The first-order valence-corrected chi connectivity index (χ1v) is 8.51. The lowest BCUT2D eigenvalue weighted by atomic mass is 9.94. The summed E-state index contributed by atoms with van der Waals surface area (Å²) < 4.78 is 21.7. The van der Waals surface area contributed by atoms with Crippen LogP contribution < -0.4 is 18.9 Å². The van der Waals surface area contributed by atoms with E-state index in [4.69, 9.17) is 18.9 Å². The van der Waals surface area contributed by atoms with Crippen molar-refractivity contribution in [3.63, 3.8) is 0 Å². The van der Waals surface area contributed by atoms with E-state index in [0.29, 0.717) is 5.75 Å². The molecule has 0 radical (unpaired) electrons. The summed E-state index contributed by atoms with van der Waals surface area (Å²) in [5.41, 5.74) is 4.60. The number of methoxy groups -OCH3 is 4. The largest absolute Gasteiger partial charge is 0.493 e. The van der Waals surface area contributed by atoms with Gasteiger partial charge in [0.05, 0.1) is 28.4 Å². The van der Waals surface area contributed by atoms with Crippen LogP contribution in [0, 0.1) is 0 Å². The van der Waals surface area contributed by atoms with Gasteiger partial charge in [-0.15, -0.1) is 0 Å². The van der Waals surface area contributed by atoms with Gasteiger partial charge in [-0.2, -0.15) is 0 Å². The number of likely N-dealkylation sites (N-methyl/N-ethyl adjacent to an activating group) is 1. The second kappa shape index (κ2) is 7.60. The molecule has 0 amide bonds. The molecule has 0 unspecified atom stereocenters. The molecule has 0 atom stereocenters. The molecule has 0 saturated carbocycles. The van der Waals surface area contributed by atoms with Crippen LogP contribution in [0.3, 0.4) is 0 Å². The Balaban J connectivity index is 2.09. The van der Waals surface area contributed by atoms with Gasteiger partial charge in [0.15, 0.2) is 23.0 Å². The molecule has 26 heavy (non-hydrogen) atoms. The van der Waals surface area contributed by atoms with Crippen LogP contribution in [-0.2, 0) is 6.42 Å². The topological polar surface area (TPSA) is 40.2 Å². The number of benzene rings is 2. The summed E-state index contributed by atoms with van der Waals surface area (Å²) in [6.45, 7) is 0.946. The van der Waals surface area contributed by atoms with E-state index < -0.39 is 0 Å². The predicted octanol–water partition coefficient (Wildman–Crippen LogP) is 3.71. The highest BCUT2D eigenvalue weighted by atomic mass is 16.5. The highest BCUT2D eigenvalue weighted by molar-refractivity contribution is 5.84. The van der Waals surface area contributed by atoms with E-state index in [1.54, 1.807) is 28.4 Å². The van der Waals surface area contributed by atoms with Crippen LogP contribution in [0.15, 0.2) is 30.3 Å². The lowest BCUT2D eigenvalue weighted by molar-refractivity contribution is 0.353. The fourth-order valence-corrected chi connectivity index (χ4v) is 3.27. The molecular formula is C21H25NO4. The van der Waals surface area contributed by atoms with E-state index in [0.717, 1.165) is 47.0 Å². The molecule has 0 fully saturated rings. The molecule has 5 heteroatoms. The average molecular weight is 355 g/mol. The molecular weight excluding hydrogens is 330 g/mol. The van der Waals surface area contributed by atoms with Gasteiger partial charge in [0.25, 0.3) is 0 Å². The molecule has 0 bridgehead atoms. The zero-order valence-electron chi connectivity index (χ0n) is 16.0. The van der Waals surface area contributed by atoms with E-state index in [1.165, 1.54) is 5.56 Å². The Bertz CT molecular complexity index is 829. The fourth-order valence-electron chi connectivity index (χ4n) is 3.27. The van der Waals surface area contributed by atoms with Crippen molar-refractivity contribution in [1.82, 2.24) is 4.90 Å². The summed E-state index contributed by atoms with van der Waals surface area (Å²) in [7, 11) is 8.72. The van der Waals surface area contributed by atoms with Gasteiger partial charge in [0.2, 0.25) is 0 Å². The van der Waals surface area contributed by atoms with Crippen LogP contribution in [0.1, 0.15) is 16.7 Å². The van der Waals surface area contributed by atoms with Crippen molar-refractivity contribution in [3.05, 3.63) is 47.0 Å². The molecule has 0 spiro atoms. The van der Waals surface area contributed by atoms with Crippen molar-refractivity contribution in [2.45, 2.75) is 6.42 Å². The molecule has 0 N–H and O–H groups in total. The third-order valence-corrected chi connectivity index (χ3v) is 4.72. The zero-order valence-corrected chi connectivity index (χ0v) is 16.0. The van der Waals surface area contributed by atoms with E-state index in [2.05, 4.69) is 30.2 Å². The van der Waals surface area contributed by atoms with Gasteiger partial charge in [-0.1, -0.05) is 6.07 Å². The first-order valence-electron chi connectivity index (χ1n) is 8.51. The normalized spacial score (nSPS) is 14.8. The van der Waals surface area contributed by atoms with Gasteiger partial charge in [0.1, 0.15) is 0 Å². The monoisotopic (exact) mass is 355 g/mol. The van der Waals surface area contributed by atoms with Crippen molar-refractivity contribution in [3.8, 4) is 23.0 Å². The van der Waals surface area contributed by atoms with Crippen LogP contribution in [-0.4, -0.2) is 46.9 Å². The van der Waals surface area contributed by atoms with Gasteiger partial charge in [-0.05, 0) is 47.9 Å². The number of fused-ring (bicyclic) bond motifs is 1. The minimum absolute atomic E-state index is 0.716. The SMILES string of the molecule is COc1ccc(/C=C2\c3cc(OC)c(OC)cc3CCN2C)cc1OC. The van der Waals surface area contributed by atoms with E-state index in [1.807, 2.05) is 18.2 Å². The van der Waals surface area contributed by atoms with Crippen molar-refractivity contribution < 1.29 is 18.9 Å². The van der Waals surface area contributed by atoms with Crippen LogP contribution in [0.5, 0.6) is 23.0 Å². The maximum atomic E-state index is 5.50. The van der Waals surface area contributed by atoms with E-state index >= 15 is 0 Å². The van der Waals surface area contributed by atoms with Crippen molar-refractivity contribution in [1.29, 1.82) is 0 Å². The number of rotatable bonds is 5. The van der Waals surface area contributed by atoms with Crippen LogP contribution in [0.4, 0.5) is 0 Å². The van der Waals surface area contributed by atoms with Gasteiger partial charge in [-0.3, -0.25) is 0 Å². The molecule has 138 valence electrons. The first-order chi connectivity index (χ1) is 12.6. The highest BCUT2D eigenvalue weighted by Gasteiger charge is 2.21. The molecule has 2 aromatic rings. The highest BCUT2D eigenvalue weighted by Crippen LogP contribution is 2.38. The molecule has 2 aromatic carbocycles. The number of hydrogen-bond donors (Lipinski definition) is 0. The molecule has 1 heterocycles. The molecule has 1 aliphatic rings. The quantitative estimate of drug-likeness (QED) is 0.818. The molecule has 0 aromatic heterocycles. The smallest absolute Gasteiger partial charge is 0.161 e. The first kappa shape index (κ1) is 18.0. The summed E-state index contributed by atoms with van der Waals surface area (Å²) in [5.74, 6) is 2.94. The second-order valence-corrected chi connectivity index (χ2v) is 6.18. The molecule has 1 aliphatic heterocycles.